The Bertz CT molecular complexity index is 1490. The fraction of sp³-hybridized carbons (Fsp3) is 0.448. The maximum atomic E-state index is 7.96. The summed E-state index contributed by atoms with van der Waals surface area (Å²) in [7, 11) is 0. The van der Waals surface area contributed by atoms with Gasteiger partial charge in [0.1, 0.15) is 5.52 Å². The molecule has 2 aliphatic carbocycles. The first kappa shape index (κ1) is 14.5. The maximum absolute atomic E-state index is 7.96. The summed E-state index contributed by atoms with van der Waals surface area (Å²) in [6.07, 6.45) is 12.6. The molecule has 2 aromatic carbocycles. The molecule has 0 unspecified atom stereocenters. The Morgan fingerprint density at radius 2 is 1.81 bits per heavy atom. The van der Waals surface area contributed by atoms with Crippen LogP contribution >= 0.6 is 0 Å². The molecule has 2 heterocycles. The molecule has 4 aromatic rings. The summed E-state index contributed by atoms with van der Waals surface area (Å²) in [6.45, 7) is -5.16. The molecule has 0 saturated heterocycles. The van der Waals surface area contributed by atoms with Crippen LogP contribution in [0.4, 0.5) is 0 Å². The molecule has 3 heteroatoms. The van der Waals surface area contributed by atoms with E-state index >= 15 is 0 Å². The van der Waals surface area contributed by atoms with Crippen LogP contribution in [0.15, 0.2) is 47.0 Å². The quantitative estimate of drug-likeness (QED) is 0.321. The van der Waals surface area contributed by atoms with Crippen molar-refractivity contribution in [2.45, 2.75) is 77.4 Å². The van der Waals surface area contributed by atoms with E-state index in [0.717, 1.165) is 35.0 Å². The SMILES string of the molecule is [2H]C([2H])([2H])c1cnc(-c2cccc3ccc4oc(C5CCC6(CCCCC6)CC5)nc4c23)cc1C([2H])([2H])[2H]. The van der Waals surface area contributed by atoms with E-state index in [0.29, 0.717) is 28.2 Å². The summed E-state index contributed by atoms with van der Waals surface area (Å²) in [5.74, 6) is 1.08. The normalized spacial score (nSPS) is 22.8. The summed E-state index contributed by atoms with van der Waals surface area (Å²) < 4.78 is 53.6. The van der Waals surface area contributed by atoms with Crippen molar-refractivity contribution in [3.63, 3.8) is 0 Å². The van der Waals surface area contributed by atoms with Gasteiger partial charge in [-0.1, -0.05) is 43.5 Å². The smallest absolute Gasteiger partial charge is 0.198 e. The third-order valence-electron chi connectivity index (χ3n) is 7.91. The average molecular weight is 431 g/mol. The Kier molecular flexibility index (Phi) is 3.49. The minimum Gasteiger partial charge on any atom is -0.440 e. The van der Waals surface area contributed by atoms with Crippen LogP contribution in [0, 0.1) is 19.1 Å². The molecule has 32 heavy (non-hydrogen) atoms. The van der Waals surface area contributed by atoms with E-state index in [4.69, 9.17) is 17.6 Å². The Morgan fingerprint density at radius 3 is 2.62 bits per heavy atom. The second-order valence-electron chi connectivity index (χ2n) is 9.82. The van der Waals surface area contributed by atoms with Gasteiger partial charge in [-0.15, -0.1) is 0 Å². The van der Waals surface area contributed by atoms with Crippen molar-refractivity contribution >= 4 is 21.9 Å². The van der Waals surface area contributed by atoms with Crippen LogP contribution in [0.3, 0.4) is 0 Å². The molecule has 0 radical (unpaired) electrons. The highest BCUT2D eigenvalue weighted by Gasteiger charge is 2.37. The fourth-order valence-corrected chi connectivity index (χ4v) is 6.05. The highest BCUT2D eigenvalue weighted by Crippen LogP contribution is 2.51. The van der Waals surface area contributed by atoms with E-state index < -0.39 is 13.7 Å². The molecular formula is C29H32N2O. The zero-order valence-electron chi connectivity index (χ0n) is 24.3. The molecule has 0 aliphatic heterocycles. The summed E-state index contributed by atoms with van der Waals surface area (Å²) in [4.78, 5) is 9.44. The molecule has 0 amide bonds. The number of hydrogen-bond acceptors (Lipinski definition) is 3. The summed E-state index contributed by atoms with van der Waals surface area (Å²) in [5, 5.41) is 1.78. The first-order valence-corrected chi connectivity index (χ1v) is 11.9. The van der Waals surface area contributed by atoms with Gasteiger partial charge in [-0.2, -0.15) is 0 Å². The number of rotatable bonds is 2. The zero-order chi connectivity index (χ0) is 26.7. The van der Waals surface area contributed by atoms with Crippen LogP contribution < -0.4 is 0 Å². The molecule has 3 nitrogen and oxygen atoms in total. The minimum absolute atomic E-state index is 0.202. The summed E-state index contributed by atoms with van der Waals surface area (Å²) in [6, 6.07) is 11.1. The van der Waals surface area contributed by atoms with Gasteiger partial charge in [-0.3, -0.25) is 4.98 Å². The van der Waals surface area contributed by atoms with Gasteiger partial charge in [0.25, 0.3) is 0 Å². The van der Waals surface area contributed by atoms with Gasteiger partial charge in [-0.25, -0.2) is 4.98 Å². The highest BCUT2D eigenvalue weighted by molar-refractivity contribution is 6.11. The number of pyridine rings is 1. The van der Waals surface area contributed by atoms with Crippen molar-refractivity contribution in [3.05, 3.63) is 59.6 Å². The molecule has 0 N–H and O–H groups in total. The number of nitrogens with zero attached hydrogens (tertiary/aromatic N) is 2. The standard InChI is InChI=1S/C29H32N2O/c1-19-17-24(30-18-20(19)2)23-8-6-7-21-9-10-25-27(26(21)23)31-28(32-25)22-11-15-29(16-12-22)13-4-3-5-14-29/h6-10,17-18,22H,3-5,11-16H2,1-2H3/i1D3,2D3. The van der Waals surface area contributed by atoms with E-state index in [2.05, 4.69) is 4.98 Å². The van der Waals surface area contributed by atoms with E-state index in [9.17, 15) is 0 Å². The van der Waals surface area contributed by atoms with Gasteiger partial charge in [0.2, 0.25) is 0 Å². The van der Waals surface area contributed by atoms with Gasteiger partial charge in [-0.05, 0) is 86.3 Å². The first-order valence-electron chi connectivity index (χ1n) is 14.9. The predicted molar refractivity (Wildman–Crippen MR) is 131 cm³/mol. The van der Waals surface area contributed by atoms with Gasteiger partial charge in [0.05, 0.1) is 5.69 Å². The number of oxazole rings is 1. The van der Waals surface area contributed by atoms with E-state index in [1.807, 2.05) is 30.3 Å². The monoisotopic (exact) mass is 430 g/mol. The van der Waals surface area contributed by atoms with Gasteiger partial charge in [0, 0.05) is 31.3 Å². The number of benzene rings is 2. The lowest BCUT2D eigenvalue weighted by atomic mass is 9.63. The van der Waals surface area contributed by atoms with Crippen molar-refractivity contribution in [1.82, 2.24) is 9.97 Å². The van der Waals surface area contributed by atoms with E-state index in [-0.39, 0.29) is 11.1 Å². The van der Waals surface area contributed by atoms with E-state index in [1.165, 1.54) is 57.2 Å². The van der Waals surface area contributed by atoms with Crippen molar-refractivity contribution < 1.29 is 12.6 Å². The van der Waals surface area contributed by atoms with Crippen LogP contribution in [-0.2, 0) is 0 Å². The molecule has 164 valence electrons. The topological polar surface area (TPSA) is 38.9 Å². The molecule has 2 fully saturated rings. The zero-order valence-corrected chi connectivity index (χ0v) is 18.3. The predicted octanol–water partition coefficient (Wildman–Crippen LogP) is 8.27. The Morgan fingerprint density at radius 1 is 0.969 bits per heavy atom. The van der Waals surface area contributed by atoms with Crippen LogP contribution in [0.2, 0.25) is 0 Å². The highest BCUT2D eigenvalue weighted by atomic mass is 16.3. The van der Waals surface area contributed by atoms with Gasteiger partial charge < -0.3 is 4.42 Å². The number of aryl methyl sites for hydroxylation is 2. The van der Waals surface area contributed by atoms with Crippen LogP contribution in [-0.4, -0.2) is 9.97 Å². The largest absolute Gasteiger partial charge is 0.440 e. The Hall–Kier alpha value is -2.68. The average Bonchev–Trinajstić information content (AvgIpc) is 3.32. The van der Waals surface area contributed by atoms with Gasteiger partial charge in [0.15, 0.2) is 11.5 Å². The molecular weight excluding hydrogens is 392 g/mol. The number of aromatic nitrogens is 2. The number of hydrogen-bond donors (Lipinski definition) is 0. The molecule has 1 spiro atoms. The third kappa shape index (κ3) is 3.34. The lowest BCUT2D eigenvalue weighted by Gasteiger charge is -2.42. The number of fused-ring (bicyclic) bond motifs is 3. The second-order valence-corrected chi connectivity index (χ2v) is 9.82. The maximum Gasteiger partial charge on any atom is 0.198 e. The second kappa shape index (κ2) is 7.72. The Labute approximate surface area is 198 Å². The van der Waals surface area contributed by atoms with Crippen molar-refractivity contribution in [1.29, 1.82) is 0 Å². The minimum atomic E-state index is -2.58. The van der Waals surface area contributed by atoms with Crippen molar-refractivity contribution in [2.24, 2.45) is 5.41 Å². The molecule has 6 rings (SSSR count). The van der Waals surface area contributed by atoms with Crippen molar-refractivity contribution in [3.8, 4) is 11.3 Å². The van der Waals surface area contributed by atoms with Gasteiger partial charge >= 0.3 is 0 Å². The van der Waals surface area contributed by atoms with Crippen LogP contribution in [0.25, 0.3) is 33.1 Å². The molecule has 0 atom stereocenters. The lowest BCUT2D eigenvalue weighted by Crippen LogP contribution is -2.29. The molecule has 2 aromatic heterocycles. The van der Waals surface area contributed by atoms with Crippen LogP contribution in [0.5, 0.6) is 0 Å². The fourth-order valence-electron chi connectivity index (χ4n) is 6.05. The van der Waals surface area contributed by atoms with Crippen LogP contribution in [0.1, 0.15) is 88.9 Å². The van der Waals surface area contributed by atoms with E-state index in [1.54, 1.807) is 0 Å². The molecule has 0 bridgehead atoms. The summed E-state index contributed by atoms with van der Waals surface area (Å²) in [5.41, 5.74) is 2.63. The molecule has 2 saturated carbocycles. The third-order valence-corrected chi connectivity index (χ3v) is 7.91. The first-order chi connectivity index (χ1) is 18.0. The lowest BCUT2D eigenvalue weighted by molar-refractivity contribution is 0.109. The Balaban J connectivity index is 1.42. The molecule has 2 aliphatic rings. The van der Waals surface area contributed by atoms with Crippen molar-refractivity contribution in [2.75, 3.05) is 0 Å². The summed E-state index contributed by atoms with van der Waals surface area (Å²) >= 11 is 0.